The molecule has 1 aromatic rings. The van der Waals surface area contributed by atoms with Crippen LogP contribution < -0.4 is 32.7 Å². The van der Waals surface area contributed by atoms with Crippen molar-refractivity contribution in [3.63, 3.8) is 0 Å². The fraction of sp³-hybridized carbons (Fsp3) is 0.742. The number of hydrogen-bond acceptors (Lipinski definition) is 23. The van der Waals surface area contributed by atoms with Crippen LogP contribution in [0.5, 0.6) is 0 Å². The first kappa shape index (κ1) is 48.7. The molecule has 7 unspecified atom stereocenters. The van der Waals surface area contributed by atoms with Gasteiger partial charge in [0.05, 0.1) is 57.3 Å². The minimum Gasteiger partial charge on any atom is -0.361 e. The van der Waals surface area contributed by atoms with Crippen LogP contribution in [-0.2, 0) is 81.6 Å². The molecule has 1 aromatic heterocycles. The summed E-state index contributed by atoms with van der Waals surface area (Å²) in [6, 6.07) is 0. The molecule has 62 heavy (non-hydrogen) atoms. The first-order valence-corrected chi connectivity index (χ1v) is 27.2. The predicted octanol–water partition coefficient (Wildman–Crippen LogP) is -1.33. The van der Waals surface area contributed by atoms with E-state index < -0.39 is 107 Å². The Morgan fingerprint density at radius 3 is 2.10 bits per heavy atom. The van der Waals surface area contributed by atoms with Gasteiger partial charge < -0.3 is 98.1 Å². The number of ether oxygens (including phenoxy) is 3. The van der Waals surface area contributed by atoms with E-state index in [1.165, 1.54) is 18.2 Å². The minimum absolute atomic E-state index is 0.0263. The summed E-state index contributed by atoms with van der Waals surface area (Å²) in [5, 5.41) is 32.7. The lowest BCUT2D eigenvalue weighted by Gasteiger charge is -2.36. The summed E-state index contributed by atoms with van der Waals surface area (Å²) < 4.78 is 54.5. The zero-order valence-corrected chi connectivity index (χ0v) is 38.7. The van der Waals surface area contributed by atoms with E-state index in [1.54, 1.807) is 35.0 Å². The maximum absolute atomic E-state index is 12.2. The van der Waals surface area contributed by atoms with Gasteiger partial charge in [-0.05, 0) is 60.8 Å². The summed E-state index contributed by atoms with van der Waals surface area (Å²) >= 11 is 15.9. The molecule has 3 fully saturated rings. The Kier molecular flexibility index (Phi) is 15.7. The Morgan fingerprint density at radius 1 is 0.871 bits per heavy atom. The maximum Gasteiger partial charge on any atom is 0.324 e. The van der Waals surface area contributed by atoms with Crippen LogP contribution >= 0.6 is 20.2 Å². The second kappa shape index (κ2) is 19.9. The van der Waals surface area contributed by atoms with E-state index in [0.29, 0.717) is 24.6 Å². The van der Waals surface area contributed by atoms with Crippen LogP contribution in [0.3, 0.4) is 0 Å². The monoisotopic (exact) mass is 994 g/mol. The lowest BCUT2D eigenvalue weighted by molar-refractivity contribution is -0.143. The first-order chi connectivity index (χ1) is 29.2. The second-order valence-electron chi connectivity index (χ2n) is 15.2. The van der Waals surface area contributed by atoms with Gasteiger partial charge in [0.1, 0.15) is 48.6 Å². The average molecular weight is 995 g/mol. The zero-order chi connectivity index (χ0) is 44.7. The number of carbonyl (C=O) groups is 1. The topological polar surface area (TPSA) is 326 Å². The predicted molar refractivity (Wildman–Crippen MR) is 227 cm³/mol. The number of hydrogen-bond donors (Lipinski definition) is 11. The van der Waals surface area contributed by atoms with Gasteiger partial charge in [0.25, 0.3) is 5.91 Å². The van der Waals surface area contributed by atoms with Gasteiger partial charge in [0.15, 0.2) is 6.35 Å². The van der Waals surface area contributed by atoms with Crippen molar-refractivity contribution in [1.82, 2.24) is 35.3 Å². The highest BCUT2D eigenvalue weighted by Gasteiger charge is 2.47. The van der Waals surface area contributed by atoms with Gasteiger partial charge >= 0.3 is 20.2 Å². The molecular formula is C31H53N10O15P3S3. The number of anilines is 1. The van der Waals surface area contributed by atoms with Gasteiger partial charge in [-0.3, -0.25) is 20.0 Å². The number of aromatic nitrogens is 2. The smallest absolute Gasteiger partial charge is 0.324 e. The van der Waals surface area contributed by atoms with Crippen LogP contribution in [0.15, 0.2) is 30.4 Å². The third kappa shape index (κ3) is 11.7. The lowest BCUT2D eigenvalue weighted by Crippen LogP contribution is -2.56. The Morgan fingerprint density at radius 2 is 1.45 bits per heavy atom. The molecule has 0 saturated carbocycles. The SMILES string of the molecule is COP(O)(=S)OC[C@H]1O[C@@H](n2cnc3c2NCNC3N)C[C@H]1OP(O)(=S)OC[C@H]1O[C@@H](N2C=C(C)C(=O)NC2O)C[C@H]1OP(O)(=S)OC[C@H]1O[C@@H](N2C=CC(N)NC2O)C[C@H]1C. The molecule has 0 bridgehead atoms. The van der Waals surface area contributed by atoms with Crippen LogP contribution in [-0.4, -0.2) is 146 Å². The van der Waals surface area contributed by atoms with E-state index in [1.807, 2.05) is 6.92 Å². The number of imidazole rings is 1. The van der Waals surface area contributed by atoms with Crippen molar-refractivity contribution in [3.8, 4) is 0 Å². The van der Waals surface area contributed by atoms with E-state index in [-0.39, 0.29) is 37.5 Å². The first-order valence-electron chi connectivity index (χ1n) is 19.4. The quantitative estimate of drug-likeness (QED) is 0.0806. The van der Waals surface area contributed by atoms with Crippen molar-refractivity contribution in [2.75, 3.05) is 38.9 Å². The van der Waals surface area contributed by atoms with Gasteiger partial charge in [-0.15, -0.1) is 0 Å². The normalized spacial score (nSPS) is 37.9. The molecule has 13 N–H and O–H groups in total. The Bertz CT molecular complexity index is 2000. The Balaban J connectivity index is 1.02. The van der Waals surface area contributed by atoms with E-state index in [0.717, 1.165) is 0 Å². The van der Waals surface area contributed by atoms with Crippen molar-refractivity contribution >= 4 is 67.3 Å². The number of aliphatic hydroxyl groups is 2. The molecule has 0 radical (unpaired) electrons. The molecule has 0 aliphatic carbocycles. The largest absolute Gasteiger partial charge is 0.361 e. The average Bonchev–Trinajstić information content (AvgIpc) is 3.99. The number of fused-ring (bicyclic) bond motifs is 1. The third-order valence-electron chi connectivity index (χ3n) is 10.9. The number of aliphatic hydroxyl groups excluding tert-OH is 2. The number of rotatable bonds is 17. The highest BCUT2D eigenvalue weighted by Crippen LogP contribution is 2.53. The number of nitrogens with zero attached hydrogens (tertiary/aromatic N) is 4. The van der Waals surface area contributed by atoms with Crippen LogP contribution in [0, 0.1) is 5.92 Å². The summed E-state index contributed by atoms with van der Waals surface area (Å²) in [6.45, 7) is -8.93. The van der Waals surface area contributed by atoms with Crippen LogP contribution in [0.2, 0.25) is 0 Å². The van der Waals surface area contributed by atoms with Gasteiger partial charge in [0, 0.05) is 37.9 Å². The number of carbonyl (C=O) groups excluding carboxylic acids is 1. The number of nitrogens with two attached hydrogens (primary N) is 2. The van der Waals surface area contributed by atoms with Gasteiger partial charge in [-0.25, -0.2) is 4.98 Å². The Hall–Kier alpha value is -1.21. The van der Waals surface area contributed by atoms with Crippen LogP contribution in [0.1, 0.15) is 51.2 Å². The van der Waals surface area contributed by atoms with Crippen molar-refractivity contribution in [2.45, 2.75) is 107 Å². The van der Waals surface area contributed by atoms with E-state index in [4.69, 9.17) is 88.2 Å². The maximum atomic E-state index is 12.2. The van der Waals surface area contributed by atoms with E-state index >= 15 is 0 Å². The summed E-state index contributed by atoms with van der Waals surface area (Å²) in [5.74, 6) is 0.0504. The molecular weight excluding hydrogens is 942 g/mol. The van der Waals surface area contributed by atoms with Crippen molar-refractivity contribution < 1.29 is 71.0 Å². The van der Waals surface area contributed by atoms with Crippen molar-refractivity contribution in [3.05, 3.63) is 36.1 Å². The zero-order valence-electron chi connectivity index (χ0n) is 33.6. The molecule has 7 rings (SSSR count). The summed E-state index contributed by atoms with van der Waals surface area (Å²) in [5.41, 5.74) is 12.8. The lowest BCUT2D eigenvalue weighted by atomic mass is 10.0. The highest BCUT2D eigenvalue weighted by atomic mass is 32.5. The molecule has 3 saturated heterocycles. The second-order valence-corrected chi connectivity index (χ2v) is 23.7. The van der Waals surface area contributed by atoms with Crippen molar-refractivity contribution in [1.29, 1.82) is 0 Å². The van der Waals surface area contributed by atoms with Crippen molar-refractivity contribution in [2.24, 2.45) is 17.4 Å². The number of amides is 1. The molecule has 6 aliphatic heterocycles. The van der Waals surface area contributed by atoms with Gasteiger partial charge in [0.2, 0.25) is 6.35 Å². The van der Waals surface area contributed by atoms with E-state index in [9.17, 15) is 29.7 Å². The molecule has 350 valence electrons. The van der Waals surface area contributed by atoms with Gasteiger partial charge in [-0.2, -0.15) is 0 Å². The summed E-state index contributed by atoms with van der Waals surface area (Å²) in [4.78, 5) is 52.7. The summed E-state index contributed by atoms with van der Waals surface area (Å²) in [6.07, 6.45) is -3.50. The van der Waals surface area contributed by atoms with E-state index in [2.05, 4.69) is 26.3 Å². The fourth-order valence-electron chi connectivity index (χ4n) is 7.58. The minimum atomic E-state index is -4.17. The van der Waals surface area contributed by atoms with Crippen LogP contribution in [0.4, 0.5) is 5.82 Å². The molecule has 16 atom stereocenters. The molecule has 0 spiro atoms. The highest BCUT2D eigenvalue weighted by molar-refractivity contribution is 8.07. The number of nitrogens with one attached hydrogen (secondary N) is 4. The summed E-state index contributed by atoms with van der Waals surface area (Å²) in [7, 11) is 1.21. The third-order valence-corrected chi connectivity index (χ3v) is 15.8. The molecule has 1 amide bonds. The Labute approximate surface area is 372 Å². The standard InChI is InChI=1S/C31H53N10O15P3S3/c1-15-6-23(39-5-4-22(32)37-30(39)43)52-19(15)10-50-58(46,61)55-17-7-24(40-9-16(2)29(42)38-31(40)44)53-21(17)12-51-59(47,62)56-18-8-25(54-20(18)11-49-57(45,60)48-3)41-14-36-26-27(33)34-13-35-28(26)41/h4-5,9,14-15,17-25,27,30-31,34-35,37,43-44H,6-8,10-13,32-33H2,1-3H3,(H,38,42)(H,45,60)(H,46,61)(H,47,62)/t15-,17-,18-,19-,20-,21-,22?,23-,24-,25-,27?,30?,31?,57?,58?,59?/m1/s1. The fourth-order valence-corrected chi connectivity index (χ4v) is 11.1. The van der Waals surface area contributed by atoms with Gasteiger partial charge in [-0.1, -0.05) is 6.92 Å². The molecule has 31 heteroatoms. The molecule has 6 aliphatic rings. The molecule has 7 heterocycles. The molecule has 0 aromatic carbocycles. The van der Waals surface area contributed by atoms with Crippen LogP contribution in [0.25, 0.3) is 0 Å². The molecule has 25 nitrogen and oxygen atoms in total.